The molecule has 388 valence electrons. The maximum Gasteiger partial charge on any atom is 0.407 e. The summed E-state index contributed by atoms with van der Waals surface area (Å²) >= 11 is 0. The highest BCUT2D eigenvalue weighted by molar-refractivity contribution is 8.76. The number of carbonyl (C=O) groups is 13. The molecule has 0 bridgehead atoms. The Bertz CT molecular complexity index is 2020. The predicted octanol–water partition coefficient (Wildman–Crippen LogP) is 1.39. The molecule has 1 rings (SSSR count). The van der Waals surface area contributed by atoms with Crippen molar-refractivity contribution in [2.45, 2.75) is 109 Å². The molecule has 6 atom stereocenters. The van der Waals surface area contributed by atoms with E-state index in [0.29, 0.717) is 5.56 Å². The van der Waals surface area contributed by atoms with E-state index < -0.39 is 152 Å². The number of ketones is 3. The van der Waals surface area contributed by atoms with Crippen LogP contribution in [0.5, 0.6) is 0 Å². The fraction of sp³-hybridized carbons (Fsp3) is 0.558. The molecule has 0 unspecified atom stereocenters. The third-order valence-corrected chi connectivity index (χ3v) is 12.5. The molecule has 0 heterocycles. The number of nitrogens with one attached hydrogen (secondary N) is 5. The first-order chi connectivity index (χ1) is 32.9. The standard InChI is InChI=1S/C43H59N5O20S2/c1-24(2)32(52)21-44-42(66)67-15-16-69-70-22-27(38(59)60)19-31(51)30(17-25-7-5-4-6-8-25)46-37(58)26(20-36(56)57)18-28(50)9-10-29(39(61)62)45-33(53)13-14-43(3,40(63)64)48-41(65)47-34(68-23-49)11-12-35(54)55/h4-8,23-24,26-27,29-30,34H,9-22H2,1-3H3,(H,44,66)(H,45,53)(H,46,58)(H,54,55)(H,56,57)(H,59,60)(H,61,62)(H,63,64)(H2,47,48,65)/t26-,27-,29-,30-,34+,43-/m0/s1. The van der Waals surface area contributed by atoms with Crippen LogP contribution in [0.15, 0.2) is 30.3 Å². The SMILES string of the molecule is CC(C)C(=O)CNC(=O)OCCSSC[C@H](CC(=O)[C@H](Cc1ccccc1)NC(=O)[C@H](CC(=O)O)CC(=O)CC[C@H](NC(=O)CC[C@](C)(NC(=O)N[C@@H](CCC(=O)O)OC=O)C(=O)O)C(=O)O)C(=O)O. The van der Waals surface area contributed by atoms with Crippen molar-refractivity contribution in [1.29, 1.82) is 0 Å². The van der Waals surface area contributed by atoms with Gasteiger partial charge in [-0.1, -0.05) is 65.8 Å². The van der Waals surface area contributed by atoms with E-state index in [2.05, 4.69) is 31.3 Å². The molecule has 27 heteroatoms. The number of benzene rings is 1. The average Bonchev–Trinajstić information content (AvgIpc) is 3.28. The van der Waals surface area contributed by atoms with E-state index in [-0.39, 0.29) is 55.7 Å². The van der Waals surface area contributed by atoms with Crippen LogP contribution in [-0.4, -0.2) is 152 Å². The lowest BCUT2D eigenvalue weighted by molar-refractivity contribution is -0.145. The second kappa shape index (κ2) is 32.1. The normalized spacial score (nSPS) is 13.8. The first-order valence-corrected chi connectivity index (χ1v) is 24.0. The summed E-state index contributed by atoms with van der Waals surface area (Å²) in [5, 5.41) is 59.0. The summed E-state index contributed by atoms with van der Waals surface area (Å²) in [4.78, 5) is 159. The predicted molar refractivity (Wildman–Crippen MR) is 246 cm³/mol. The number of alkyl carbamates (subject to hydrolysis) is 1. The Balaban J connectivity index is 2.97. The van der Waals surface area contributed by atoms with Gasteiger partial charge in [-0.3, -0.25) is 43.2 Å². The van der Waals surface area contributed by atoms with Gasteiger partial charge in [0.25, 0.3) is 6.47 Å². The van der Waals surface area contributed by atoms with E-state index in [0.717, 1.165) is 28.5 Å². The largest absolute Gasteiger partial charge is 0.481 e. The van der Waals surface area contributed by atoms with Crippen LogP contribution in [0.3, 0.4) is 0 Å². The maximum atomic E-state index is 13.7. The van der Waals surface area contributed by atoms with Crippen molar-refractivity contribution >= 4 is 99.2 Å². The number of carbonyl (C=O) groups excluding carboxylic acids is 8. The van der Waals surface area contributed by atoms with Crippen LogP contribution in [0, 0.1) is 17.8 Å². The Morgan fingerprint density at radius 2 is 1.40 bits per heavy atom. The van der Waals surface area contributed by atoms with Gasteiger partial charge in [0.05, 0.1) is 37.3 Å². The summed E-state index contributed by atoms with van der Waals surface area (Å²) < 4.78 is 9.58. The first-order valence-electron chi connectivity index (χ1n) is 21.5. The van der Waals surface area contributed by atoms with E-state index in [1.165, 1.54) is 0 Å². The summed E-state index contributed by atoms with van der Waals surface area (Å²) in [6, 6.07) is 3.90. The molecule has 0 spiro atoms. The molecule has 0 aromatic heterocycles. The van der Waals surface area contributed by atoms with E-state index in [4.69, 9.17) is 9.84 Å². The molecule has 5 amide bonds. The molecule has 0 fully saturated rings. The molecule has 0 aliphatic carbocycles. The van der Waals surface area contributed by atoms with Crippen molar-refractivity contribution < 1.29 is 97.3 Å². The number of carboxylic acid groups (broad SMARTS) is 5. The zero-order valence-corrected chi connectivity index (χ0v) is 40.1. The highest BCUT2D eigenvalue weighted by Gasteiger charge is 2.37. The van der Waals surface area contributed by atoms with Crippen molar-refractivity contribution in [2.24, 2.45) is 17.8 Å². The Kier molecular flexibility index (Phi) is 28.1. The molecule has 0 aliphatic rings. The molecule has 25 nitrogen and oxygen atoms in total. The van der Waals surface area contributed by atoms with Gasteiger partial charge in [-0.25, -0.2) is 19.2 Å². The van der Waals surface area contributed by atoms with Gasteiger partial charge in [-0.05, 0) is 31.7 Å². The van der Waals surface area contributed by atoms with Crippen molar-refractivity contribution in [3.8, 4) is 0 Å². The zero-order valence-electron chi connectivity index (χ0n) is 38.5. The highest BCUT2D eigenvalue weighted by Crippen LogP contribution is 2.26. The second-order valence-electron chi connectivity index (χ2n) is 16.1. The quantitative estimate of drug-likeness (QED) is 0.0195. The molecule has 0 aliphatic heterocycles. The number of hydrogen-bond acceptors (Lipinski definition) is 17. The molecule has 70 heavy (non-hydrogen) atoms. The fourth-order valence-electron chi connectivity index (χ4n) is 5.95. The fourth-order valence-corrected chi connectivity index (χ4v) is 8.08. The Morgan fingerprint density at radius 1 is 0.729 bits per heavy atom. The molecule has 0 saturated carbocycles. The topological polar surface area (TPSA) is 402 Å². The first kappa shape index (κ1) is 61.2. The van der Waals surface area contributed by atoms with Crippen LogP contribution < -0.4 is 26.6 Å². The van der Waals surface area contributed by atoms with Crippen LogP contribution in [-0.2, 0) is 68.6 Å². The molecule has 1 aromatic carbocycles. The van der Waals surface area contributed by atoms with E-state index in [1.807, 2.05) is 0 Å². The number of urea groups is 1. The van der Waals surface area contributed by atoms with Crippen LogP contribution in [0.25, 0.3) is 0 Å². The van der Waals surface area contributed by atoms with E-state index in [1.54, 1.807) is 44.2 Å². The van der Waals surface area contributed by atoms with E-state index >= 15 is 0 Å². The summed E-state index contributed by atoms with van der Waals surface area (Å²) in [6.07, 6.45) is -8.02. The highest BCUT2D eigenvalue weighted by atomic mass is 33.1. The van der Waals surface area contributed by atoms with Crippen LogP contribution in [0.1, 0.15) is 84.1 Å². The minimum atomic E-state index is -2.17. The van der Waals surface area contributed by atoms with Crippen LogP contribution in [0.2, 0.25) is 0 Å². The number of ether oxygens (including phenoxy) is 2. The van der Waals surface area contributed by atoms with Crippen molar-refractivity contribution in [2.75, 3.05) is 24.7 Å². The number of hydrogen-bond donors (Lipinski definition) is 10. The van der Waals surface area contributed by atoms with Crippen LogP contribution in [0.4, 0.5) is 9.59 Å². The second-order valence-corrected chi connectivity index (χ2v) is 18.7. The van der Waals surface area contributed by atoms with Crippen molar-refractivity contribution in [3.05, 3.63) is 35.9 Å². The van der Waals surface area contributed by atoms with Gasteiger partial charge in [-0.15, -0.1) is 0 Å². The van der Waals surface area contributed by atoms with Gasteiger partial charge in [-0.2, -0.15) is 0 Å². The maximum absolute atomic E-state index is 13.7. The molecule has 0 saturated heterocycles. The summed E-state index contributed by atoms with van der Waals surface area (Å²) in [7, 11) is 2.24. The number of carboxylic acids is 5. The number of rotatable bonds is 37. The third kappa shape index (κ3) is 25.6. The van der Waals surface area contributed by atoms with Crippen molar-refractivity contribution in [3.63, 3.8) is 0 Å². The van der Waals surface area contributed by atoms with Gasteiger partial charge in [0.1, 0.15) is 24.0 Å². The van der Waals surface area contributed by atoms with Gasteiger partial charge < -0.3 is 61.6 Å². The minimum Gasteiger partial charge on any atom is -0.481 e. The smallest absolute Gasteiger partial charge is 0.407 e. The summed E-state index contributed by atoms with van der Waals surface area (Å²) in [5.74, 6) is -14.1. The molecular weight excluding hydrogens is 971 g/mol. The Hall–Kier alpha value is -6.77. The number of Topliss-reactive ketones (excluding diaryl/α,β-unsaturated/α-hetero) is 3. The van der Waals surface area contributed by atoms with Gasteiger partial charge >= 0.3 is 42.0 Å². The monoisotopic (exact) mass is 1030 g/mol. The van der Waals surface area contributed by atoms with Crippen molar-refractivity contribution in [1.82, 2.24) is 26.6 Å². The van der Waals surface area contributed by atoms with E-state index in [9.17, 15) is 82.8 Å². The third-order valence-electron chi connectivity index (χ3n) is 10.0. The Morgan fingerprint density at radius 3 is 1.97 bits per heavy atom. The van der Waals surface area contributed by atoms with Gasteiger partial charge in [0.15, 0.2) is 17.8 Å². The number of amides is 5. The Labute approximate surface area is 409 Å². The van der Waals surface area contributed by atoms with Gasteiger partial charge in [0.2, 0.25) is 11.8 Å². The van der Waals surface area contributed by atoms with Crippen LogP contribution >= 0.6 is 21.6 Å². The lowest BCUT2D eigenvalue weighted by Gasteiger charge is -2.27. The zero-order chi connectivity index (χ0) is 53.0. The molecular formula is C43H59N5O20S2. The molecule has 10 N–H and O–H groups in total. The summed E-state index contributed by atoms with van der Waals surface area (Å²) in [6.45, 7) is 4.03. The molecule has 1 aromatic rings. The lowest BCUT2D eigenvalue weighted by Crippen LogP contribution is -2.57. The lowest BCUT2D eigenvalue weighted by atomic mass is 9.92. The minimum absolute atomic E-state index is 0.0676. The number of aliphatic carboxylic acids is 5. The summed E-state index contributed by atoms with van der Waals surface area (Å²) in [5.41, 5.74) is -1.63. The average molecular weight is 1030 g/mol. The molecule has 0 radical (unpaired) electrons. The van der Waals surface area contributed by atoms with Gasteiger partial charge in [0, 0.05) is 49.5 Å².